The van der Waals surface area contributed by atoms with Gasteiger partial charge in [0, 0.05) is 32.1 Å². The molecule has 0 bridgehead atoms. The van der Waals surface area contributed by atoms with Gasteiger partial charge in [-0.3, -0.25) is 0 Å². The summed E-state index contributed by atoms with van der Waals surface area (Å²) in [6.45, 7) is 0.913. The second-order valence-electron chi connectivity index (χ2n) is 4.20. The minimum atomic E-state index is -0.987. The van der Waals surface area contributed by atoms with Crippen LogP contribution in [0.15, 0.2) is 18.2 Å². The highest BCUT2D eigenvalue weighted by Crippen LogP contribution is 2.24. The van der Waals surface area contributed by atoms with E-state index in [-0.39, 0.29) is 12.4 Å². The van der Waals surface area contributed by atoms with Crippen molar-refractivity contribution >= 4 is 0 Å². The van der Waals surface area contributed by atoms with Gasteiger partial charge in [0.1, 0.15) is 18.0 Å². The average Bonchev–Trinajstić information content (AvgIpc) is 2.29. The van der Waals surface area contributed by atoms with Crippen molar-refractivity contribution in [2.75, 3.05) is 19.8 Å². The van der Waals surface area contributed by atoms with E-state index in [2.05, 4.69) is 0 Å². The van der Waals surface area contributed by atoms with Crippen molar-refractivity contribution < 1.29 is 23.4 Å². The van der Waals surface area contributed by atoms with E-state index >= 15 is 0 Å². The molecule has 1 aromatic rings. The van der Waals surface area contributed by atoms with Gasteiger partial charge in [-0.1, -0.05) is 0 Å². The molecular formula is C12H14F2O3. The SMILES string of the molecule is OC1(COc2ccc(F)cc2F)CCOCC1. The van der Waals surface area contributed by atoms with Crippen molar-refractivity contribution in [2.24, 2.45) is 0 Å². The normalized spacial score (nSPS) is 19.0. The highest BCUT2D eigenvalue weighted by molar-refractivity contribution is 5.24. The molecule has 0 unspecified atom stereocenters. The molecule has 94 valence electrons. The lowest BCUT2D eigenvalue weighted by Crippen LogP contribution is -2.41. The third-order valence-corrected chi connectivity index (χ3v) is 2.81. The Hall–Kier alpha value is -1.20. The lowest BCUT2D eigenvalue weighted by atomic mass is 9.96. The minimum absolute atomic E-state index is 0.0150. The Bertz CT molecular complexity index is 389. The highest BCUT2D eigenvalue weighted by Gasteiger charge is 2.30. The van der Waals surface area contributed by atoms with Gasteiger partial charge in [-0.05, 0) is 12.1 Å². The molecule has 1 saturated heterocycles. The van der Waals surface area contributed by atoms with E-state index in [0.717, 1.165) is 12.1 Å². The fraction of sp³-hybridized carbons (Fsp3) is 0.500. The zero-order chi connectivity index (χ0) is 12.3. The van der Waals surface area contributed by atoms with Crippen LogP contribution in [0, 0.1) is 11.6 Å². The first-order chi connectivity index (χ1) is 8.09. The molecule has 0 aliphatic carbocycles. The molecule has 1 aliphatic heterocycles. The number of ether oxygens (including phenoxy) is 2. The second-order valence-corrected chi connectivity index (χ2v) is 4.20. The summed E-state index contributed by atoms with van der Waals surface area (Å²) in [6, 6.07) is 3.09. The Morgan fingerprint density at radius 1 is 1.29 bits per heavy atom. The maximum absolute atomic E-state index is 13.3. The van der Waals surface area contributed by atoms with Crippen LogP contribution in [-0.4, -0.2) is 30.5 Å². The Labute approximate surface area is 98.0 Å². The second kappa shape index (κ2) is 4.98. The maximum atomic E-state index is 13.3. The molecule has 0 atom stereocenters. The van der Waals surface area contributed by atoms with Gasteiger partial charge in [-0.25, -0.2) is 8.78 Å². The molecule has 0 saturated carbocycles. The van der Waals surface area contributed by atoms with Crippen LogP contribution in [0.25, 0.3) is 0 Å². The quantitative estimate of drug-likeness (QED) is 0.882. The molecule has 5 heteroatoms. The van der Waals surface area contributed by atoms with Crippen molar-refractivity contribution in [3.63, 3.8) is 0 Å². The molecule has 0 aromatic heterocycles. The average molecular weight is 244 g/mol. The van der Waals surface area contributed by atoms with Gasteiger partial charge in [0.25, 0.3) is 0 Å². The number of benzene rings is 1. The summed E-state index contributed by atoms with van der Waals surface area (Å²) in [5.41, 5.74) is -0.987. The summed E-state index contributed by atoms with van der Waals surface area (Å²) in [7, 11) is 0. The number of hydrogen-bond acceptors (Lipinski definition) is 3. The van der Waals surface area contributed by atoms with Gasteiger partial charge >= 0.3 is 0 Å². The van der Waals surface area contributed by atoms with Crippen LogP contribution in [-0.2, 0) is 4.74 Å². The maximum Gasteiger partial charge on any atom is 0.167 e. The van der Waals surface area contributed by atoms with Crippen molar-refractivity contribution in [1.82, 2.24) is 0 Å². The lowest BCUT2D eigenvalue weighted by molar-refractivity contribution is -0.0860. The first-order valence-corrected chi connectivity index (χ1v) is 5.47. The van der Waals surface area contributed by atoms with Gasteiger partial charge < -0.3 is 14.6 Å². The highest BCUT2D eigenvalue weighted by atomic mass is 19.1. The topological polar surface area (TPSA) is 38.7 Å². The molecule has 3 nitrogen and oxygen atoms in total. The number of halogens is 2. The van der Waals surface area contributed by atoms with Gasteiger partial charge in [-0.2, -0.15) is 0 Å². The van der Waals surface area contributed by atoms with Gasteiger partial charge in [0.2, 0.25) is 0 Å². The van der Waals surface area contributed by atoms with Crippen LogP contribution in [0.4, 0.5) is 8.78 Å². The fourth-order valence-electron chi connectivity index (χ4n) is 1.70. The molecule has 0 amide bonds. The Kier molecular flexibility index (Phi) is 3.59. The summed E-state index contributed by atoms with van der Waals surface area (Å²) in [5, 5.41) is 10.1. The summed E-state index contributed by atoms with van der Waals surface area (Å²) < 4.78 is 36.2. The fourth-order valence-corrected chi connectivity index (χ4v) is 1.70. The number of hydrogen-bond donors (Lipinski definition) is 1. The summed E-state index contributed by atoms with van der Waals surface area (Å²) >= 11 is 0. The van der Waals surface area contributed by atoms with Crippen LogP contribution in [0.2, 0.25) is 0 Å². The zero-order valence-electron chi connectivity index (χ0n) is 9.29. The Morgan fingerprint density at radius 2 is 2.00 bits per heavy atom. The molecule has 1 aliphatic rings. The van der Waals surface area contributed by atoms with Gasteiger partial charge in [0.05, 0.1) is 0 Å². The van der Waals surface area contributed by atoms with E-state index in [9.17, 15) is 13.9 Å². The Balaban J connectivity index is 1.97. The van der Waals surface area contributed by atoms with E-state index in [1.165, 1.54) is 6.07 Å². The third-order valence-electron chi connectivity index (χ3n) is 2.81. The zero-order valence-corrected chi connectivity index (χ0v) is 9.29. The van der Waals surface area contributed by atoms with E-state index in [1.54, 1.807) is 0 Å². The van der Waals surface area contributed by atoms with E-state index in [1.807, 2.05) is 0 Å². The molecule has 2 rings (SSSR count). The van der Waals surface area contributed by atoms with E-state index < -0.39 is 17.2 Å². The lowest BCUT2D eigenvalue weighted by Gasteiger charge is -2.31. The summed E-state index contributed by atoms with van der Waals surface area (Å²) in [4.78, 5) is 0. The summed E-state index contributed by atoms with van der Waals surface area (Å²) in [6.07, 6.45) is 0.908. The predicted molar refractivity (Wildman–Crippen MR) is 56.9 cm³/mol. The first kappa shape index (κ1) is 12.3. The molecule has 0 spiro atoms. The molecule has 1 aromatic carbocycles. The van der Waals surface area contributed by atoms with Crippen LogP contribution in [0.1, 0.15) is 12.8 Å². The van der Waals surface area contributed by atoms with E-state index in [0.29, 0.717) is 26.1 Å². The smallest absolute Gasteiger partial charge is 0.167 e. The monoisotopic (exact) mass is 244 g/mol. The largest absolute Gasteiger partial charge is 0.488 e. The molecule has 0 radical (unpaired) electrons. The van der Waals surface area contributed by atoms with Crippen molar-refractivity contribution in [2.45, 2.75) is 18.4 Å². The Morgan fingerprint density at radius 3 is 2.65 bits per heavy atom. The third kappa shape index (κ3) is 3.14. The predicted octanol–water partition coefficient (Wildman–Crippen LogP) is 1.89. The molecule has 1 N–H and O–H groups in total. The van der Waals surface area contributed by atoms with Crippen LogP contribution < -0.4 is 4.74 Å². The van der Waals surface area contributed by atoms with Gasteiger partial charge in [0.15, 0.2) is 11.6 Å². The molecule has 1 heterocycles. The van der Waals surface area contributed by atoms with Crippen LogP contribution in [0.5, 0.6) is 5.75 Å². The number of aliphatic hydroxyl groups is 1. The first-order valence-electron chi connectivity index (χ1n) is 5.47. The molecule has 1 fully saturated rings. The van der Waals surface area contributed by atoms with Crippen molar-refractivity contribution in [3.8, 4) is 5.75 Å². The molecular weight excluding hydrogens is 230 g/mol. The van der Waals surface area contributed by atoms with E-state index in [4.69, 9.17) is 9.47 Å². The standard InChI is InChI=1S/C12H14F2O3/c13-9-1-2-11(10(14)7-9)17-8-12(15)3-5-16-6-4-12/h1-2,7,15H,3-6,8H2. The number of rotatable bonds is 3. The molecule has 17 heavy (non-hydrogen) atoms. The van der Waals surface area contributed by atoms with Crippen molar-refractivity contribution in [1.29, 1.82) is 0 Å². The van der Waals surface area contributed by atoms with Crippen LogP contribution >= 0.6 is 0 Å². The van der Waals surface area contributed by atoms with Gasteiger partial charge in [-0.15, -0.1) is 0 Å². The van der Waals surface area contributed by atoms with Crippen molar-refractivity contribution in [3.05, 3.63) is 29.8 Å². The minimum Gasteiger partial charge on any atom is -0.488 e. The van der Waals surface area contributed by atoms with Crippen LogP contribution in [0.3, 0.4) is 0 Å². The summed E-state index contributed by atoms with van der Waals surface area (Å²) in [5.74, 6) is -1.47.